The van der Waals surface area contributed by atoms with Crippen molar-refractivity contribution in [2.24, 2.45) is 0 Å². The first kappa shape index (κ1) is 13.9. The molecule has 0 N–H and O–H groups in total. The molecule has 2 rings (SSSR count). The van der Waals surface area contributed by atoms with Crippen molar-refractivity contribution in [3.8, 4) is 0 Å². The summed E-state index contributed by atoms with van der Waals surface area (Å²) < 4.78 is 29.5. The van der Waals surface area contributed by atoms with Gasteiger partial charge in [-0.2, -0.15) is 0 Å². The Kier molecular flexibility index (Phi) is 3.41. The molecule has 0 aliphatic heterocycles. The average molecular weight is 295 g/mol. The zero-order valence-electron chi connectivity index (χ0n) is 10.3. The maximum atomic E-state index is 12.3. The van der Waals surface area contributed by atoms with Gasteiger partial charge in [0.05, 0.1) is 9.82 Å². The number of hydrogen-bond acceptors (Lipinski definition) is 6. The van der Waals surface area contributed by atoms with Gasteiger partial charge in [0.15, 0.2) is 12.0 Å². The van der Waals surface area contributed by atoms with Crippen molar-refractivity contribution >= 4 is 21.8 Å². The van der Waals surface area contributed by atoms with Gasteiger partial charge in [-0.25, -0.2) is 8.42 Å². The monoisotopic (exact) mass is 295 g/mol. The summed E-state index contributed by atoms with van der Waals surface area (Å²) >= 11 is 0. The van der Waals surface area contributed by atoms with E-state index < -0.39 is 19.9 Å². The summed E-state index contributed by atoms with van der Waals surface area (Å²) in [5.41, 5.74) is 0.0102. The van der Waals surface area contributed by atoms with E-state index in [1.54, 1.807) is 0 Å². The van der Waals surface area contributed by atoms with Crippen LogP contribution in [0.5, 0.6) is 0 Å². The molecule has 1 aromatic heterocycles. The summed E-state index contributed by atoms with van der Waals surface area (Å²) in [7, 11) is -4.04. The van der Waals surface area contributed by atoms with Gasteiger partial charge < -0.3 is 4.42 Å². The van der Waals surface area contributed by atoms with Crippen LogP contribution in [-0.2, 0) is 9.84 Å². The van der Waals surface area contributed by atoms with Crippen LogP contribution in [0, 0.1) is 17.0 Å². The van der Waals surface area contributed by atoms with Crippen molar-refractivity contribution < 1.29 is 22.6 Å². The fourth-order valence-corrected chi connectivity index (χ4v) is 3.08. The summed E-state index contributed by atoms with van der Waals surface area (Å²) in [6.07, 6.45) is 0.374. The van der Waals surface area contributed by atoms with Crippen LogP contribution < -0.4 is 0 Å². The fourth-order valence-electron chi connectivity index (χ4n) is 1.64. The lowest BCUT2D eigenvalue weighted by atomic mass is 10.2. The molecular weight excluding hydrogens is 286 g/mol. The van der Waals surface area contributed by atoms with Crippen LogP contribution in [0.3, 0.4) is 0 Å². The number of non-ortho nitro benzene ring substituents is 1. The predicted octanol–water partition coefficient (Wildman–Crippen LogP) is 2.14. The number of hydrogen-bond donors (Lipinski definition) is 0. The number of aryl methyl sites for hydroxylation is 1. The predicted molar refractivity (Wildman–Crippen MR) is 67.4 cm³/mol. The summed E-state index contributed by atoms with van der Waals surface area (Å²) in [5.74, 6) is -0.133. The van der Waals surface area contributed by atoms with Crippen LogP contribution >= 0.6 is 0 Å². The maximum absolute atomic E-state index is 12.3. The topological polar surface area (TPSA) is 107 Å². The van der Waals surface area contributed by atoms with Crippen LogP contribution in [0.2, 0.25) is 0 Å². The van der Waals surface area contributed by atoms with E-state index in [-0.39, 0.29) is 16.3 Å². The van der Waals surface area contributed by atoms with Gasteiger partial charge in [0.25, 0.3) is 5.69 Å². The molecule has 20 heavy (non-hydrogen) atoms. The van der Waals surface area contributed by atoms with Crippen LogP contribution in [0.4, 0.5) is 5.69 Å². The molecule has 0 radical (unpaired) electrons. The minimum atomic E-state index is -4.04. The lowest BCUT2D eigenvalue weighted by molar-refractivity contribution is -0.385. The maximum Gasteiger partial charge on any atom is 0.270 e. The minimum absolute atomic E-state index is 0.133. The molecule has 0 saturated carbocycles. The first-order valence-corrected chi connectivity index (χ1v) is 6.89. The molecule has 1 heterocycles. The van der Waals surface area contributed by atoms with E-state index in [0.29, 0.717) is 11.8 Å². The molecule has 0 atom stereocenters. The molecule has 8 heteroatoms. The Bertz CT molecular complexity index is 790. The van der Waals surface area contributed by atoms with E-state index in [9.17, 15) is 23.3 Å². The number of nitrogens with zero attached hydrogens (tertiary/aromatic N) is 1. The fraction of sp³-hybridized carbons (Fsp3) is 0.0833. The minimum Gasteiger partial charge on any atom is -0.442 e. The largest absolute Gasteiger partial charge is 0.442 e. The molecular formula is C12H9NO6S. The van der Waals surface area contributed by atoms with E-state index in [0.717, 1.165) is 12.1 Å². The summed E-state index contributed by atoms with van der Waals surface area (Å²) in [6, 6.07) is 5.87. The first-order valence-electron chi connectivity index (χ1n) is 5.41. The second-order valence-corrected chi connectivity index (χ2v) is 5.83. The molecule has 0 aliphatic carbocycles. The molecule has 0 aliphatic rings. The van der Waals surface area contributed by atoms with Crippen molar-refractivity contribution in [3.05, 3.63) is 51.8 Å². The van der Waals surface area contributed by atoms with Gasteiger partial charge in [-0.05, 0) is 24.6 Å². The third-order valence-corrected chi connectivity index (χ3v) is 4.42. The Morgan fingerprint density at radius 1 is 1.25 bits per heavy atom. The van der Waals surface area contributed by atoms with Crippen LogP contribution in [-0.4, -0.2) is 19.6 Å². The normalized spacial score (nSPS) is 11.2. The number of benzene rings is 1. The highest BCUT2D eigenvalue weighted by Gasteiger charge is 2.26. The zero-order chi connectivity index (χ0) is 14.9. The molecule has 104 valence electrons. The standard InChI is InChI=1S/C12H9NO6S/c1-8-2-3-9(13(15)16)6-11(8)20(17,18)12-5-4-10(7-14)19-12/h2-7H,1H3. The van der Waals surface area contributed by atoms with Gasteiger partial charge >= 0.3 is 0 Å². The lowest BCUT2D eigenvalue weighted by Crippen LogP contribution is -2.04. The molecule has 2 aromatic rings. The van der Waals surface area contributed by atoms with Crippen molar-refractivity contribution in [1.82, 2.24) is 0 Å². The van der Waals surface area contributed by atoms with E-state index >= 15 is 0 Å². The van der Waals surface area contributed by atoms with Crippen molar-refractivity contribution in [2.75, 3.05) is 0 Å². The zero-order valence-corrected chi connectivity index (χ0v) is 11.1. The van der Waals surface area contributed by atoms with Crippen molar-refractivity contribution in [3.63, 3.8) is 0 Å². The number of nitro benzene ring substituents is 1. The highest BCUT2D eigenvalue weighted by atomic mass is 32.2. The van der Waals surface area contributed by atoms with E-state index in [1.165, 1.54) is 25.1 Å². The number of aldehydes is 1. The smallest absolute Gasteiger partial charge is 0.270 e. The quantitative estimate of drug-likeness (QED) is 0.486. The molecule has 0 bridgehead atoms. The number of rotatable bonds is 4. The third-order valence-electron chi connectivity index (χ3n) is 2.66. The van der Waals surface area contributed by atoms with Gasteiger partial charge in [-0.1, -0.05) is 6.07 Å². The average Bonchev–Trinajstić information content (AvgIpc) is 2.88. The number of nitro groups is 1. The van der Waals surface area contributed by atoms with E-state index in [2.05, 4.69) is 0 Å². The Hall–Kier alpha value is -2.48. The molecule has 1 aromatic carbocycles. The van der Waals surface area contributed by atoms with Crippen LogP contribution in [0.1, 0.15) is 16.1 Å². The number of furan rings is 1. The molecule has 0 amide bonds. The number of carbonyl (C=O) groups is 1. The van der Waals surface area contributed by atoms with Crippen molar-refractivity contribution in [2.45, 2.75) is 16.9 Å². The van der Waals surface area contributed by atoms with Gasteiger partial charge in [0, 0.05) is 12.1 Å². The van der Waals surface area contributed by atoms with Crippen LogP contribution in [0.15, 0.2) is 44.7 Å². The summed E-state index contributed by atoms with van der Waals surface area (Å²) in [6.45, 7) is 1.51. The molecule has 0 spiro atoms. The number of sulfone groups is 1. The Balaban J connectivity index is 2.62. The highest BCUT2D eigenvalue weighted by molar-refractivity contribution is 7.91. The summed E-state index contributed by atoms with van der Waals surface area (Å²) in [4.78, 5) is 20.3. The van der Waals surface area contributed by atoms with Crippen molar-refractivity contribution in [1.29, 1.82) is 0 Å². The van der Waals surface area contributed by atoms with Crippen LogP contribution in [0.25, 0.3) is 0 Å². The lowest BCUT2D eigenvalue weighted by Gasteiger charge is -2.05. The van der Waals surface area contributed by atoms with Gasteiger partial charge in [0.1, 0.15) is 0 Å². The van der Waals surface area contributed by atoms with E-state index in [4.69, 9.17) is 4.42 Å². The second-order valence-electron chi connectivity index (χ2n) is 3.98. The molecule has 0 unspecified atom stereocenters. The second kappa shape index (κ2) is 4.89. The summed E-state index contributed by atoms with van der Waals surface area (Å²) in [5, 5.41) is 10.3. The van der Waals surface area contributed by atoms with Gasteiger partial charge in [-0.3, -0.25) is 14.9 Å². The Morgan fingerprint density at radius 2 is 1.95 bits per heavy atom. The SMILES string of the molecule is Cc1ccc([N+](=O)[O-])cc1S(=O)(=O)c1ccc(C=O)o1. The van der Waals surface area contributed by atoms with Gasteiger partial charge in [0.2, 0.25) is 14.9 Å². The molecule has 0 fully saturated rings. The number of carbonyl (C=O) groups excluding carboxylic acids is 1. The Morgan fingerprint density at radius 3 is 2.50 bits per heavy atom. The third kappa shape index (κ3) is 2.32. The first-order chi connectivity index (χ1) is 9.36. The molecule has 0 saturated heterocycles. The van der Waals surface area contributed by atoms with Gasteiger partial charge in [-0.15, -0.1) is 0 Å². The highest BCUT2D eigenvalue weighted by Crippen LogP contribution is 2.28. The molecule has 7 nitrogen and oxygen atoms in total. The van der Waals surface area contributed by atoms with E-state index in [1.807, 2.05) is 0 Å². The Labute approximate surface area is 113 Å².